The molecule has 0 saturated carbocycles. The van der Waals surface area contributed by atoms with E-state index in [1.807, 2.05) is 4.90 Å². The Bertz CT molecular complexity index is 1200. The van der Waals surface area contributed by atoms with Crippen molar-refractivity contribution >= 4 is 34.9 Å². The van der Waals surface area contributed by atoms with Crippen molar-refractivity contribution in [2.75, 3.05) is 31.1 Å². The molecular weight excluding hydrogens is 452 g/mol. The average molecular weight is 471 g/mol. The number of benzene rings is 2. The third kappa shape index (κ3) is 4.65. The van der Waals surface area contributed by atoms with Crippen LogP contribution in [0.5, 0.6) is 5.88 Å². The van der Waals surface area contributed by atoms with E-state index in [4.69, 9.17) is 20.9 Å². The van der Waals surface area contributed by atoms with Crippen LogP contribution < -0.4 is 9.64 Å². The van der Waals surface area contributed by atoms with Gasteiger partial charge in [0, 0.05) is 38.3 Å². The maximum atomic E-state index is 13.2. The Balaban J connectivity index is 1.45. The lowest BCUT2D eigenvalue weighted by Gasteiger charge is -2.36. The van der Waals surface area contributed by atoms with Crippen molar-refractivity contribution in [2.45, 2.75) is 6.92 Å². The second kappa shape index (κ2) is 9.29. The third-order valence-electron chi connectivity index (χ3n) is 5.29. The van der Waals surface area contributed by atoms with Crippen molar-refractivity contribution in [1.29, 1.82) is 0 Å². The molecule has 0 N–H and O–H groups in total. The Kier molecular flexibility index (Phi) is 6.27. The first-order valence-corrected chi connectivity index (χ1v) is 10.4. The summed E-state index contributed by atoms with van der Waals surface area (Å²) in [5, 5.41) is 14.9. The number of carbonyl (C=O) groups excluding carboxylic acids is 2. The summed E-state index contributed by atoms with van der Waals surface area (Å²) >= 11 is 6.23. The number of rotatable bonds is 5. The van der Waals surface area contributed by atoms with E-state index in [2.05, 4.69) is 5.16 Å². The molecule has 0 unspecified atom stereocenters. The van der Waals surface area contributed by atoms with E-state index in [1.54, 1.807) is 48.2 Å². The molecule has 0 radical (unpaired) electrons. The first-order chi connectivity index (χ1) is 15.8. The van der Waals surface area contributed by atoms with Crippen LogP contribution in [0.2, 0.25) is 5.02 Å². The highest BCUT2D eigenvalue weighted by atomic mass is 35.5. The molecule has 3 aromatic rings. The summed E-state index contributed by atoms with van der Waals surface area (Å²) in [6.45, 7) is 3.23. The fourth-order valence-electron chi connectivity index (χ4n) is 3.56. The second-order valence-corrected chi connectivity index (χ2v) is 7.75. The van der Waals surface area contributed by atoms with E-state index in [1.165, 1.54) is 12.1 Å². The number of aryl methyl sites for hydroxylation is 1. The van der Waals surface area contributed by atoms with E-state index in [9.17, 15) is 19.7 Å². The van der Waals surface area contributed by atoms with E-state index in [0.29, 0.717) is 37.4 Å². The molecule has 0 bridgehead atoms. The summed E-state index contributed by atoms with van der Waals surface area (Å²) < 4.78 is 10.5. The molecule has 0 atom stereocenters. The van der Waals surface area contributed by atoms with Crippen LogP contribution in [0, 0.1) is 17.0 Å². The highest BCUT2D eigenvalue weighted by Crippen LogP contribution is 2.31. The van der Waals surface area contributed by atoms with Crippen LogP contribution in [0.4, 0.5) is 11.4 Å². The minimum atomic E-state index is -0.643. The van der Waals surface area contributed by atoms with Crippen LogP contribution in [-0.2, 0) is 0 Å². The van der Waals surface area contributed by atoms with Crippen molar-refractivity contribution in [2.24, 2.45) is 0 Å². The van der Waals surface area contributed by atoms with Gasteiger partial charge in [-0.25, -0.2) is 4.79 Å². The quantitative estimate of drug-likeness (QED) is 0.314. The molecular formula is C22H19ClN4O6. The highest BCUT2D eigenvalue weighted by Gasteiger charge is 2.31. The molecule has 4 rings (SSSR count). The number of ether oxygens (including phenoxy) is 1. The number of nitro benzene ring substituents is 1. The lowest BCUT2D eigenvalue weighted by Crippen LogP contribution is -2.49. The van der Waals surface area contributed by atoms with Gasteiger partial charge in [0.25, 0.3) is 17.5 Å². The summed E-state index contributed by atoms with van der Waals surface area (Å²) in [4.78, 5) is 39.5. The van der Waals surface area contributed by atoms with Gasteiger partial charge in [0.2, 0.25) is 0 Å². The van der Waals surface area contributed by atoms with E-state index in [-0.39, 0.29) is 33.8 Å². The van der Waals surface area contributed by atoms with Gasteiger partial charge in [0.05, 0.1) is 21.2 Å². The zero-order chi connectivity index (χ0) is 23.5. The van der Waals surface area contributed by atoms with Gasteiger partial charge < -0.3 is 19.1 Å². The maximum Gasteiger partial charge on any atom is 0.344 e. The fourth-order valence-corrected chi connectivity index (χ4v) is 3.85. The van der Waals surface area contributed by atoms with Gasteiger partial charge in [0.1, 0.15) is 5.56 Å². The Hall–Kier alpha value is -3.92. The third-order valence-corrected chi connectivity index (χ3v) is 5.60. The van der Waals surface area contributed by atoms with Gasteiger partial charge >= 0.3 is 5.97 Å². The molecule has 1 aliphatic rings. The number of non-ortho nitro benzene ring substituents is 1. The normalized spacial score (nSPS) is 13.6. The van der Waals surface area contributed by atoms with Gasteiger partial charge in [-0.15, -0.1) is 0 Å². The number of aromatic nitrogens is 1. The molecule has 2 heterocycles. The molecule has 170 valence electrons. The minimum absolute atomic E-state index is 0.0851. The van der Waals surface area contributed by atoms with E-state index < -0.39 is 10.9 Å². The lowest BCUT2D eigenvalue weighted by atomic mass is 10.2. The van der Waals surface area contributed by atoms with E-state index in [0.717, 1.165) is 0 Å². The van der Waals surface area contributed by atoms with Gasteiger partial charge in [-0.2, -0.15) is 0 Å². The average Bonchev–Trinajstić information content (AvgIpc) is 3.18. The Morgan fingerprint density at radius 2 is 1.82 bits per heavy atom. The molecule has 0 spiro atoms. The summed E-state index contributed by atoms with van der Waals surface area (Å²) in [5.74, 6) is -0.932. The number of nitro groups is 1. The first kappa shape index (κ1) is 22.3. The van der Waals surface area contributed by atoms with Crippen molar-refractivity contribution < 1.29 is 23.8 Å². The zero-order valence-electron chi connectivity index (χ0n) is 17.6. The largest absolute Gasteiger partial charge is 0.400 e. The van der Waals surface area contributed by atoms with Crippen molar-refractivity contribution in [3.63, 3.8) is 0 Å². The van der Waals surface area contributed by atoms with Crippen molar-refractivity contribution in [3.8, 4) is 5.88 Å². The number of carbonyl (C=O) groups is 2. The number of anilines is 1. The topological polar surface area (TPSA) is 119 Å². The first-order valence-electron chi connectivity index (χ1n) is 10.1. The fraction of sp³-hybridized carbons (Fsp3) is 0.227. The standard InChI is InChI=1S/C22H19ClN4O6/c1-14-19(20(24-33-14)32-22(29)15-5-3-2-4-6-15)21(28)26-11-9-25(10-12-26)18-8-7-16(27(30)31)13-17(18)23/h2-8,13H,9-12H2,1H3. The monoisotopic (exact) mass is 470 g/mol. The number of amides is 1. The van der Waals surface area contributed by atoms with Gasteiger partial charge in [-0.3, -0.25) is 14.9 Å². The molecule has 1 aromatic heterocycles. The number of esters is 1. The van der Waals surface area contributed by atoms with Crippen LogP contribution in [0.1, 0.15) is 26.5 Å². The molecule has 1 fully saturated rings. The highest BCUT2D eigenvalue weighted by molar-refractivity contribution is 6.33. The van der Waals surface area contributed by atoms with E-state index >= 15 is 0 Å². The molecule has 11 heteroatoms. The van der Waals surface area contributed by atoms with Gasteiger partial charge in [-0.1, -0.05) is 29.8 Å². The minimum Gasteiger partial charge on any atom is -0.400 e. The lowest BCUT2D eigenvalue weighted by molar-refractivity contribution is -0.384. The van der Waals surface area contributed by atoms with Crippen LogP contribution in [0.15, 0.2) is 53.1 Å². The molecule has 2 aromatic carbocycles. The smallest absolute Gasteiger partial charge is 0.344 e. The molecule has 0 aliphatic carbocycles. The maximum absolute atomic E-state index is 13.2. The summed E-state index contributed by atoms with van der Waals surface area (Å²) in [6, 6.07) is 12.7. The Labute approximate surface area is 193 Å². The van der Waals surface area contributed by atoms with Crippen molar-refractivity contribution in [3.05, 3.63) is 80.6 Å². The van der Waals surface area contributed by atoms with Gasteiger partial charge in [-0.05, 0) is 30.3 Å². The van der Waals surface area contributed by atoms with Crippen molar-refractivity contribution in [1.82, 2.24) is 10.1 Å². The number of halogens is 1. The molecule has 33 heavy (non-hydrogen) atoms. The molecule has 10 nitrogen and oxygen atoms in total. The van der Waals surface area contributed by atoms with Crippen LogP contribution in [-0.4, -0.2) is 53.0 Å². The Morgan fingerprint density at radius 3 is 2.45 bits per heavy atom. The SMILES string of the molecule is Cc1onc(OC(=O)c2ccccc2)c1C(=O)N1CCN(c2ccc([N+](=O)[O-])cc2Cl)CC1. The number of hydrogen-bond acceptors (Lipinski definition) is 8. The number of hydrogen-bond donors (Lipinski definition) is 0. The zero-order valence-corrected chi connectivity index (χ0v) is 18.3. The summed E-state index contributed by atoms with van der Waals surface area (Å²) in [5.41, 5.74) is 0.998. The number of nitrogens with zero attached hydrogens (tertiary/aromatic N) is 4. The van der Waals surface area contributed by atoms with Crippen LogP contribution >= 0.6 is 11.6 Å². The second-order valence-electron chi connectivity index (χ2n) is 7.35. The number of piperazine rings is 1. The Morgan fingerprint density at radius 1 is 1.12 bits per heavy atom. The molecule has 1 saturated heterocycles. The molecule has 1 amide bonds. The predicted molar refractivity (Wildman–Crippen MR) is 119 cm³/mol. The summed E-state index contributed by atoms with van der Waals surface area (Å²) in [7, 11) is 0. The van der Waals surface area contributed by atoms with Crippen LogP contribution in [0.3, 0.4) is 0 Å². The van der Waals surface area contributed by atoms with Gasteiger partial charge in [0.15, 0.2) is 5.76 Å². The predicted octanol–water partition coefficient (Wildman–Crippen LogP) is 3.73. The summed E-state index contributed by atoms with van der Waals surface area (Å²) in [6.07, 6.45) is 0. The van der Waals surface area contributed by atoms with Crippen LogP contribution in [0.25, 0.3) is 0 Å². The molecule has 1 aliphatic heterocycles.